The average molecular weight is 364 g/mol. The summed E-state index contributed by atoms with van der Waals surface area (Å²) in [6.45, 7) is 0. The van der Waals surface area contributed by atoms with Crippen LogP contribution in [0.2, 0.25) is 0 Å². The molecule has 2 saturated carbocycles. The maximum absolute atomic E-state index is 12.6. The minimum Gasteiger partial charge on any atom is -0.390 e. The van der Waals surface area contributed by atoms with E-state index in [0.717, 1.165) is 25.7 Å². The van der Waals surface area contributed by atoms with Gasteiger partial charge in [0.2, 0.25) is 5.91 Å². The topological polar surface area (TPSA) is 124 Å². The van der Waals surface area contributed by atoms with Crippen molar-refractivity contribution in [1.29, 1.82) is 0 Å². The maximum Gasteiger partial charge on any atom is 0.237 e. The molecule has 0 saturated heterocycles. The number of aromatic nitrogens is 2. The molecule has 1 aromatic rings. The first kappa shape index (κ1) is 19.3. The summed E-state index contributed by atoms with van der Waals surface area (Å²) in [6.07, 6.45) is 10.4. The van der Waals surface area contributed by atoms with Crippen LogP contribution in [-0.4, -0.2) is 50.4 Å². The summed E-state index contributed by atoms with van der Waals surface area (Å²) in [6, 6.07) is -1.19. The summed E-state index contributed by atoms with van der Waals surface area (Å²) < 4.78 is 0. The lowest BCUT2D eigenvalue weighted by atomic mass is 9.82. The number of hydrogen-bond donors (Lipinski definition) is 5. The molecule has 1 amide bonds. The van der Waals surface area contributed by atoms with Crippen LogP contribution in [-0.2, 0) is 11.2 Å². The van der Waals surface area contributed by atoms with E-state index in [1.54, 1.807) is 12.4 Å². The average Bonchev–Trinajstić information content (AvgIpc) is 3.38. The van der Waals surface area contributed by atoms with Crippen LogP contribution in [0.5, 0.6) is 0 Å². The van der Waals surface area contributed by atoms with E-state index >= 15 is 0 Å². The molecule has 2 aliphatic carbocycles. The molecular formula is C19H32N4O3. The number of aliphatic hydroxyl groups is 2. The standard InChI is InChI=1S/C19H32N4O3/c20-14(11-16-21-8-9-22-16)19(26)23-15(10-12-4-2-1-3-5-12)18(25)17(24)13-6-7-13/h8-9,12-15,17-18,24-25H,1-7,10-11,20H2,(H,21,22)(H,23,26)/t14-,15-,17-,18+/m0/s1. The summed E-state index contributed by atoms with van der Waals surface area (Å²) >= 11 is 0. The van der Waals surface area contributed by atoms with Gasteiger partial charge in [-0.05, 0) is 31.1 Å². The molecule has 0 spiro atoms. The van der Waals surface area contributed by atoms with Crippen molar-refractivity contribution >= 4 is 5.91 Å². The van der Waals surface area contributed by atoms with Gasteiger partial charge in [-0.3, -0.25) is 4.79 Å². The Morgan fingerprint density at radius 3 is 2.62 bits per heavy atom. The summed E-state index contributed by atoms with van der Waals surface area (Å²) in [7, 11) is 0. The lowest BCUT2D eigenvalue weighted by molar-refractivity contribution is -0.125. The SMILES string of the molecule is N[C@@H](Cc1ncc[nH]1)C(=O)N[C@@H](CC1CCCCC1)[C@@H](O)[C@@H](O)C1CC1. The number of carbonyl (C=O) groups excluding carboxylic acids is 1. The molecule has 2 fully saturated rings. The Labute approximate surface area is 154 Å². The first-order chi connectivity index (χ1) is 12.5. The second kappa shape index (κ2) is 8.97. The van der Waals surface area contributed by atoms with Crippen LogP contribution in [0.1, 0.15) is 57.2 Å². The normalized spacial score (nSPS) is 23.2. The molecule has 1 aromatic heterocycles. The second-order valence-electron chi connectivity index (χ2n) is 8.02. The van der Waals surface area contributed by atoms with Crippen molar-refractivity contribution in [3.05, 3.63) is 18.2 Å². The van der Waals surface area contributed by atoms with Gasteiger partial charge < -0.3 is 26.2 Å². The van der Waals surface area contributed by atoms with Gasteiger partial charge in [-0.15, -0.1) is 0 Å². The Hall–Kier alpha value is -1.44. The third-order valence-electron chi connectivity index (χ3n) is 5.81. The summed E-state index contributed by atoms with van der Waals surface area (Å²) in [5, 5.41) is 24.0. The highest BCUT2D eigenvalue weighted by Crippen LogP contribution is 2.36. The molecule has 146 valence electrons. The molecule has 0 bridgehead atoms. The molecule has 0 radical (unpaired) electrons. The van der Waals surface area contributed by atoms with Gasteiger partial charge in [-0.2, -0.15) is 0 Å². The largest absolute Gasteiger partial charge is 0.390 e. The third kappa shape index (κ3) is 5.28. The molecule has 0 aromatic carbocycles. The lowest BCUT2D eigenvalue weighted by Gasteiger charge is -2.33. The smallest absolute Gasteiger partial charge is 0.237 e. The van der Waals surface area contributed by atoms with Crippen LogP contribution in [0.4, 0.5) is 0 Å². The van der Waals surface area contributed by atoms with Crippen molar-refractivity contribution < 1.29 is 15.0 Å². The van der Waals surface area contributed by atoms with Crippen molar-refractivity contribution in [1.82, 2.24) is 15.3 Å². The minimum atomic E-state index is -0.941. The van der Waals surface area contributed by atoms with Gasteiger partial charge in [0.25, 0.3) is 0 Å². The number of aromatic amines is 1. The van der Waals surface area contributed by atoms with Crippen LogP contribution >= 0.6 is 0 Å². The van der Waals surface area contributed by atoms with Crippen molar-refractivity contribution in [2.24, 2.45) is 17.6 Å². The molecule has 6 N–H and O–H groups in total. The number of H-pyrrole nitrogens is 1. The highest BCUT2D eigenvalue weighted by atomic mass is 16.3. The predicted molar refractivity (Wildman–Crippen MR) is 98.1 cm³/mol. The Kier molecular flexibility index (Phi) is 6.67. The van der Waals surface area contributed by atoms with E-state index in [1.807, 2.05) is 0 Å². The number of aliphatic hydroxyl groups excluding tert-OH is 2. The Bertz CT molecular complexity index is 555. The number of nitrogens with one attached hydrogen (secondary N) is 2. The van der Waals surface area contributed by atoms with Gasteiger partial charge in [-0.25, -0.2) is 4.98 Å². The number of hydrogen-bond acceptors (Lipinski definition) is 5. The molecule has 4 atom stereocenters. The highest BCUT2D eigenvalue weighted by molar-refractivity contribution is 5.82. The first-order valence-corrected chi connectivity index (χ1v) is 9.95. The molecule has 7 heteroatoms. The molecule has 1 heterocycles. The Morgan fingerprint density at radius 1 is 1.27 bits per heavy atom. The van der Waals surface area contributed by atoms with Crippen molar-refractivity contribution in [2.45, 2.75) is 82.1 Å². The fraction of sp³-hybridized carbons (Fsp3) is 0.789. The zero-order chi connectivity index (χ0) is 18.5. The van der Waals surface area contributed by atoms with Crippen molar-refractivity contribution in [3.8, 4) is 0 Å². The third-order valence-corrected chi connectivity index (χ3v) is 5.81. The number of amides is 1. The van der Waals surface area contributed by atoms with Gasteiger partial charge in [0.05, 0.1) is 18.2 Å². The quantitative estimate of drug-likeness (QED) is 0.445. The number of nitrogens with two attached hydrogens (primary N) is 1. The molecule has 26 heavy (non-hydrogen) atoms. The van der Waals surface area contributed by atoms with Gasteiger partial charge in [0.15, 0.2) is 0 Å². The molecule has 2 aliphatic rings. The number of nitrogens with zero attached hydrogens (tertiary/aromatic N) is 1. The number of rotatable bonds is 9. The van der Waals surface area contributed by atoms with E-state index in [-0.39, 0.29) is 11.8 Å². The predicted octanol–water partition coefficient (Wildman–Crippen LogP) is 0.866. The summed E-state index contributed by atoms with van der Waals surface area (Å²) in [5.41, 5.74) is 6.02. The first-order valence-electron chi connectivity index (χ1n) is 9.95. The van der Waals surface area contributed by atoms with Crippen LogP contribution in [0.25, 0.3) is 0 Å². The van der Waals surface area contributed by atoms with Gasteiger partial charge in [0, 0.05) is 18.8 Å². The molecule has 0 aliphatic heterocycles. The van der Waals surface area contributed by atoms with Gasteiger partial charge >= 0.3 is 0 Å². The fourth-order valence-corrected chi connectivity index (χ4v) is 4.02. The maximum atomic E-state index is 12.6. The van der Waals surface area contributed by atoms with E-state index in [4.69, 9.17) is 5.73 Å². The van der Waals surface area contributed by atoms with Crippen molar-refractivity contribution in [3.63, 3.8) is 0 Å². The van der Waals surface area contributed by atoms with E-state index in [9.17, 15) is 15.0 Å². The molecule has 3 rings (SSSR count). The molecular weight excluding hydrogens is 332 g/mol. The van der Waals surface area contributed by atoms with E-state index in [1.165, 1.54) is 19.3 Å². The number of imidazole rings is 1. The minimum absolute atomic E-state index is 0.160. The van der Waals surface area contributed by atoms with Crippen LogP contribution in [0, 0.1) is 11.8 Å². The van der Waals surface area contributed by atoms with Gasteiger partial charge in [-0.1, -0.05) is 32.1 Å². The molecule has 0 unspecified atom stereocenters. The van der Waals surface area contributed by atoms with E-state index in [0.29, 0.717) is 24.6 Å². The zero-order valence-corrected chi connectivity index (χ0v) is 15.3. The van der Waals surface area contributed by atoms with E-state index in [2.05, 4.69) is 15.3 Å². The fourth-order valence-electron chi connectivity index (χ4n) is 4.02. The van der Waals surface area contributed by atoms with E-state index < -0.39 is 24.3 Å². The summed E-state index contributed by atoms with van der Waals surface area (Å²) in [5.74, 6) is 1.00. The lowest BCUT2D eigenvalue weighted by Crippen LogP contribution is -2.54. The Balaban J connectivity index is 1.60. The zero-order valence-electron chi connectivity index (χ0n) is 15.3. The van der Waals surface area contributed by atoms with Crippen LogP contribution in [0.15, 0.2) is 12.4 Å². The van der Waals surface area contributed by atoms with Crippen molar-refractivity contribution in [2.75, 3.05) is 0 Å². The Morgan fingerprint density at radius 2 is 2.00 bits per heavy atom. The molecule has 7 nitrogen and oxygen atoms in total. The second-order valence-corrected chi connectivity index (χ2v) is 8.02. The summed E-state index contributed by atoms with van der Waals surface area (Å²) in [4.78, 5) is 19.6. The number of carbonyl (C=O) groups is 1. The van der Waals surface area contributed by atoms with Gasteiger partial charge in [0.1, 0.15) is 11.9 Å². The van der Waals surface area contributed by atoms with Crippen LogP contribution in [0.3, 0.4) is 0 Å². The monoisotopic (exact) mass is 364 g/mol. The van der Waals surface area contributed by atoms with Crippen LogP contribution < -0.4 is 11.1 Å². The highest BCUT2D eigenvalue weighted by Gasteiger charge is 2.39.